The summed E-state index contributed by atoms with van der Waals surface area (Å²) < 4.78 is 10.3. The zero-order valence-electron chi connectivity index (χ0n) is 5.56. The third-order valence-electron chi connectivity index (χ3n) is 1.23. The molecule has 1 rings (SSSR count). The number of hydrogen-bond acceptors (Lipinski definition) is 3. The average Bonchev–Trinajstić information content (AvgIpc) is 2.03. The molecule has 0 unspecified atom stereocenters. The van der Waals surface area contributed by atoms with Crippen LogP contribution in [0, 0.1) is 0 Å². The monoisotopic (exact) mass is 143 g/mol. The molecule has 0 bridgehead atoms. The van der Waals surface area contributed by atoms with Gasteiger partial charge in [0, 0.05) is 4.91 Å². The highest BCUT2D eigenvalue weighted by Crippen LogP contribution is 2.00. The Bertz CT molecular complexity index is 138. The van der Waals surface area contributed by atoms with Gasteiger partial charge in [-0.25, -0.2) is 0 Å². The summed E-state index contributed by atoms with van der Waals surface area (Å²) in [6.45, 7) is 2.16. The fourth-order valence-corrected chi connectivity index (χ4v) is 0.770. The molecule has 0 saturated carbocycles. The zero-order valence-corrected chi connectivity index (χ0v) is 5.56. The first-order chi connectivity index (χ1) is 4.93. The molecule has 0 N–H and O–H groups in total. The molecule has 10 heavy (non-hydrogen) atoms. The Balaban J connectivity index is 2.19. The predicted octanol–water partition coefficient (Wildman–Crippen LogP) is 0.712. The van der Waals surface area contributed by atoms with E-state index in [0.717, 1.165) is 0 Å². The summed E-state index contributed by atoms with van der Waals surface area (Å²) in [6.07, 6.45) is -0.0374. The van der Waals surface area contributed by atoms with Gasteiger partial charge >= 0.3 is 0 Å². The first-order valence-electron chi connectivity index (χ1n) is 3.13. The lowest BCUT2D eigenvalue weighted by atomic mass is 10.3. The van der Waals surface area contributed by atoms with E-state index in [0.29, 0.717) is 26.4 Å². The molecule has 56 valence electrons. The Morgan fingerprint density at radius 1 is 1.60 bits per heavy atom. The van der Waals surface area contributed by atoms with Gasteiger partial charge in [0.2, 0.25) is 0 Å². The molecule has 5 heteroatoms. The van der Waals surface area contributed by atoms with Crippen LogP contribution in [0.2, 0.25) is 0 Å². The van der Waals surface area contributed by atoms with Gasteiger partial charge in [-0.15, -0.1) is 0 Å². The number of rotatable bonds is 2. The molecule has 0 aromatic rings. The Morgan fingerprint density at radius 2 is 2.50 bits per heavy atom. The van der Waals surface area contributed by atoms with Gasteiger partial charge in [-0.3, -0.25) is 0 Å². The predicted molar refractivity (Wildman–Crippen MR) is 34.6 cm³/mol. The Morgan fingerprint density at radius 3 is 3.10 bits per heavy atom. The standard InChI is InChI=1S/C5H9N3O2/c6-8-7-3-5-4-9-1-2-10-5/h5H,1-4H2/t5-/m0/s1. The van der Waals surface area contributed by atoms with Crippen molar-refractivity contribution in [3.63, 3.8) is 0 Å². The summed E-state index contributed by atoms with van der Waals surface area (Å²) in [5, 5.41) is 3.37. The molecular formula is C5H9N3O2. The van der Waals surface area contributed by atoms with Crippen LogP contribution in [0.4, 0.5) is 0 Å². The lowest BCUT2D eigenvalue weighted by Gasteiger charge is -2.20. The van der Waals surface area contributed by atoms with Gasteiger partial charge in [0.1, 0.15) is 0 Å². The third kappa shape index (κ3) is 2.23. The van der Waals surface area contributed by atoms with Crippen LogP contribution in [0.25, 0.3) is 10.4 Å². The molecule has 1 aliphatic rings. The molecule has 1 fully saturated rings. The van der Waals surface area contributed by atoms with E-state index in [1.54, 1.807) is 0 Å². The maximum atomic E-state index is 7.96. The second-order valence-corrected chi connectivity index (χ2v) is 1.98. The minimum atomic E-state index is -0.0374. The fraction of sp³-hybridized carbons (Fsp3) is 1.00. The topological polar surface area (TPSA) is 67.2 Å². The number of hydrogen-bond donors (Lipinski definition) is 0. The highest BCUT2D eigenvalue weighted by atomic mass is 16.6. The van der Waals surface area contributed by atoms with E-state index in [1.165, 1.54) is 0 Å². The van der Waals surface area contributed by atoms with Crippen molar-refractivity contribution in [2.24, 2.45) is 5.11 Å². The van der Waals surface area contributed by atoms with Crippen molar-refractivity contribution in [1.29, 1.82) is 0 Å². The molecule has 0 aromatic carbocycles. The van der Waals surface area contributed by atoms with Gasteiger partial charge < -0.3 is 9.47 Å². The molecule has 1 aliphatic heterocycles. The molecular weight excluding hydrogens is 134 g/mol. The van der Waals surface area contributed by atoms with Gasteiger partial charge in [0.05, 0.1) is 32.5 Å². The fourth-order valence-electron chi connectivity index (χ4n) is 0.770. The lowest BCUT2D eigenvalue weighted by molar-refractivity contribution is -0.0834. The van der Waals surface area contributed by atoms with Crippen LogP contribution < -0.4 is 0 Å². The van der Waals surface area contributed by atoms with Gasteiger partial charge in [0.25, 0.3) is 0 Å². The van der Waals surface area contributed by atoms with Crippen LogP contribution in [-0.4, -0.2) is 32.5 Å². The molecule has 0 amide bonds. The second kappa shape index (κ2) is 4.11. The van der Waals surface area contributed by atoms with Crippen molar-refractivity contribution in [3.05, 3.63) is 10.4 Å². The zero-order chi connectivity index (χ0) is 7.23. The van der Waals surface area contributed by atoms with Gasteiger partial charge in [0.15, 0.2) is 0 Å². The SMILES string of the molecule is [N-]=[N+]=NC[C@H]1COCCO1. The van der Waals surface area contributed by atoms with Gasteiger partial charge in [-0.05, 0) is 5.53 Å². The lowest BCUT2D eigenvalue weighted by Crippen LogP contribution is -2.30. The number of nitrogens with zero attached hydrogens (tertiary/aromatic N) is 3. The number of ether oxygens (including phenoxy) is 2. The minimum Gasteiger partial charge on any atom is -0.376 e. The third-order valence-corrected chi connectivity index (χ3v) is 1.23. The van der Waals surface area contributed by atoms with E-state index in [-0.39, 0.29) is 6.10 Å². The molecule has 1 heterocycles. The van der Waals surface area contributed by atoms with Crippen LogP contribution in [-0.2, 0) is 9.47 Å². The van der Waals surface area contributed by atoms with Crippen molar-refractivity contribution >= 4 is 0 Å². The Kier molecular flexibility index (Phi) is 3.02. The molecule has 0 radical (unpaired) electrons. The number of azide groups is 1. The van der Waals surface area contributed by atoms with Gasteiger partial charge in [-0.1, -0.05) is 5.11 Å². The van der Waals surface area contributed by atoms with E-state index in [4.69, 9.17) is 15.0 Å². The van der Waals surface area contributed by atoms with E-state index in [2.05, 4.69) is 10.0 Å². The summed E-state index contributed by atoms with van der Waals surface area (Å²) >= 11 is 0. The summed E-state index contributed by atoms with van der Waals surface area (Å²) in [4.78, 5) is 2.62. The normalized spacial score (nSPS) is 25.4. The summed E-state index contributed by atoms with van der Waals surface area (Å²) in [7, 11) is 0. The Labute approximate surface area is 58.6 Å². The van der Waals surface area contributed by atoms with Crippen molar-refractivity contribution in [1.82, 2.24) is 0 Å². The molecule has 1 saturated heterocycles. The summed E-state index contributed by atoms with van der Waals surface area (Å²) in [5.41, 5.74) is 7.96. The first-order valence-corrected chi connectivity index (χ1v) is 3.13. The van der Waals surface area contributed by atoms with E-state index >= 15 is 0 Å². The molecule has 5 nitrogen and oxygen atoms in total. The van der Waals surface area contributed by atoms with Crippen LogP contribution in [0.15, 0.2) is 5.11 Å². The van der Waals surface area contributed by atoms with Crippen LogP contribution in [0.5, 0.6) is 0 Å². The van der Waals surface area contributed by atoms with Crippen LogP contribution in [0.3, 0.4) is 0 Å². The minimum absolute atomic E-state index is 0.0374. The summed E-state index contributed by atoms with van der Waals surface area (Å²) in [6, 6.07) is 0. The molecule has 0 spiro atoms. The maximum absolute atomic E-state index is 7.96. The van der Waals surface area contributed by atoms with Crippen molar-refractivity contribution in [2.45, 2.75) is 6.10 Å². The van der Waals surface area contributed by atoms with Crippen LogP contribution in [0.1, 0.15) is 0 Å². The molecule has 0 aliphatic carbocycles. The highest BCUT2D eigenvalue weighted by molar-refractivity contribution is 4.63. The van der Waals surface area contributed by atoms with E-state index in [9.17, 15) is 0 Å². The van der Waals surface area contributed by atoms with Crippen LogP contribution >= 0.6 is 0 Å². The quantitative estimate of drug-likeness (QED) is 0.324. The Hall–Kier alpha value is -0.770. The van der Waals surface area contributed by atoms with Crippen molar-refractivity contribution in [2.75, 3.05) is 26.4 Å². The summed E-state index contributed by atoms with van der Waals surface area (Å²) in [5.74, 6) is 0. The highest BCUT2D eigenvalue weighted by Gasteiger charge is 2.11. The maximum Gasteiger partial charge on any atom is 0.0865 e. The van der Waals surface area contributed by atoms with Crippen molar-refractivity contribution in [3.8, 4) is 0 Å². The van der Waals surface area contributed by atoms with Gasteiger partial charge in [-0.2, -0.15) is 0 Å². The first kappa shape index (κ1) is 7.34. The molecule has 0 aromatic heterocycles. The average molecular weight is 143 g/mol. The van der Waals surface area contributed by atoms with E-state index in [1.807, 2.05) is 0 Å². The van der Waals surface area contributed by atoms with E-state index < -0.39 is 0 Å². The second-order valence-electron chi connectivity index (χ2n) is 1.98. The largest absolute Gasteiger partial charge is 0.376 e. The van der Waals surface area contributed by atoms with Crippen molar-refractivity contribution < 1.29 is 9.47 Å². The molecule has 1 atom stereocenters. The smallest absolute Gasteiger partial charge is 0.0865 e.